The lowest BCUT2D eigenvalue weighted by molar-refractivity contribution is -0.384. The average molecular weight is 394 g/mol. The second-order valence-electron chi connectivity index (χ2n) is 4.93. The fourth-order valence-corrected chi connectivity index (χ4v) is 3.13. The summed E-state index contributed by atoms with van der Waals surface area (Å²) >= 11 is 13.0. The first kappa shape index (κ1) is 17.5. The molecule has 0 radical (unpaired) electrons. The Morgan fingerprint density at radius 2 is 1.84 bits per heavy atom. The number of aliphatic imine (C=N–C) groups is 1. The number of nitro benzene ring substituents is 1. The Kier molecular flexibility index (Phi) is 5.08. The molecule has 0 atom stereocenters. The van der Waals surface area contributed by atoms with Crippen molar-refractivity contribution in [2.24, 2.45) is 4.99 Å². The fraction of sp³-hybridized carbons (Fsp3) is 0. The maximum atomic E-state index is 12.0. The molecule has 126 valence electrons. The molecule has 2 aromatic carbocycles. The van der Waals surface area contributed by atoms with Crippen molar-refractivity contribution in [3.8, 4) is 0 Å². The highest BCUT2D eigenvalue weighted by molar-refractivity contribution is 8.18. The van der Waals surface area contributed by atoms with Gasteiger partial charge in [0.25, 0.3) is 11.6 Å². The molecular formula is C16H9Cl2N3O3S. The number of halogens is 2. The Balaban J connectivity index is 1.80. The van der Waals surface area contributed by atoms with Gasteiger partial charge in [0.2, 0.25) is 0 Å². The predicted molar refractivity (Wildman–Crippen MR) is 100 cm³/mol. The van der Waals surface area contributed by atoms with Gasteiger partial charge in [-0.15, -0.1) is 0 Å². The van der Waals surface area contributed by atoms with Crippen LogP contribution < -0.4 is 5.32 Å². The summed E-state index contributed by atoms with van der Waals surface area (Å²) in [6.07, 6.45) is 1.64. The van der Waals surface area contributed by atoms with E-state index in [1.54, 1.807) is 36.4 Å². The molecule has 0 aromatic heterocycles. The van der Waals surface area contributed by atoms with Gasteiger partial charge in [0, 0.05) is 12.1 Å². The minimum atomic E-state index is -0.476. The summed E-state index contributed by atoms with van der Waals surface area (Å²) in [6, 6.07) is 10.8. The molecule has 2 aromatic rings. The first-order valence-electron chi connectivity index (χ1n) is 6.91. The van der Waals surface area contributed by atoms with Crippen molar-refractivity contribution in [3.05, 3.63) is 73.1 Å². The highest BCUT2D eigenvalue weighted by atomic mass is 35.5. The number of rotatable bonds is 3. The molecule has 1 heterocycles. The van der Waals surface area contributed by atoms with Crippen LogP contribution in [-0.2, 0) is 4.79 Å². The van der Waals surface area contributed by atoms with E-state index in [1.165, 1.54) is 23.9 Å². The molecule has 1 aliphatic heterocycles. The van der Waals surface area contributed by atoms with Gasteiger partial charge in [-0.25, -0.2) is 4.99 Å². The van der Waals surface area contributed by atoms with E-state index in [4.69, 9.17) is 23.2 Å². The third kappa shape index (κ3) is 4.19. The quantitative estimate of drug-likeness (QED) is 0.461. The minimum Gasteiger partial charge on any atom is -0.300 e. The first-order valence-corrected chi connectivity index (χ1v) is 8.49. The molecule has 1 amide bonds. The number of non-ortho nitro benzene ring substituents is 1. The van der Waals surface area contributed by atoms with Crippen molar-refractivity contribution >= 4 is 63.5 Å². The van der Waals surface area contributed by atoms with Crippen molar-refractivity contribution < 1.29 is 9.72 Å². The van der Waals surface area contributed by atoms with Crippen molar-refractivity contribution in [1.29, 1.82) is 0 Å². The zero-order valence-electron chi connectivity index (χ0n) is 12.4. The smallest absolute Gasteiger partial charge is 0.269 e. The Labute approximate surface area is 156 Å². The van der Waals surface area contributed by atoms with E-state index in [9.17, 15) is 14.9 Å². The Hall–Kier alpha value is -2.35. The normalized spacial score (nSPS) is 17.1. The Morgan fingerprint density at radius 3 is 2.48 bits per heavy atom. The van der Waals surface area contributed by atoms with Crippen LogP contribution in [0.5, 0.6) is 0 Å². The number of benzene rings is 2. The number of amides is 1. The SMILES string of the molecule is O=C1NC(=Nc2ccc(Cl)c(Cl)c2)S/C1=C/c1ccc([N+](=O)[O-])cc1. The van der Waals surface area contributed by atoms with Gasteiger partial charge in [-0.2, -0.15) is 0 Å². The van der Waals surface area contributed by atoms with Gasteiger partial charge in [0.15, 0.2) is 5.17 Å². The monoisotopic (exact) mass is 393 g/mol. The number of nitrogens with one attached hydrogen (secondary N) is 1. The van der Waals surface area contributed by atoms with Gasteiger partial charge in [-0.3, -0.25) is 14.9 Å². The van der Waals surface area contributed by atoms with Gasteiger partial charge in [0.05, 0.1) is 25.6 Å². The molecule has 3 rings (SSSR count). The molecule has 0 unspecified atom stereocenters. The molecule has 0 spiro atoms. The summed E-state index contributed by atoms with van der Waals surface area (Å²) in [6.45, 7) is 0. The van der Waals surface area contributed by atoms with Crippen LogP contribution in [0, 0.1) is 10.1 Å². The second kappa shape index (κ2) is 7.26. The van der Waals surface area contributed by atoms with Crippen LogP contribution in [0.2, 0.25) is 10.0 Å². The third-order valence-corrected chi connectivity index (χ3v) is 4.84. The zero-order valence-corrected chi connectivity index (χ0v) is 14.7. The number of carbonyl (C=O) groups is 1. The standard InChI is InChI=1S/C16H9Cl2N3O3S/c17-12-6-3-10(8-13(12)18)19-16-20-15(22)14(25-16)7-9-1-4-11(5-2-9)21(23)24/h1-8H,(H,19,20,22)/b14-7+. The number of hydrogen-bond donors (Lipinski definition) is 1. The summed E-state index contributed by atoms with van der Waals surface area (Å²) in [5.74, 6) is -0.290. The first-order chi connectivity index (χ1) is 11.9. The van der Waals surface area contributed by atoms with E-state index in [0.717, 1.165) is 0 Å². The fourth-order valence-electron chi connectivity index (χ4n) is 2.00. The van der Waals surface area contributed by atoms with Crippen LogP contribution >= 0.6 is 35.0 Å². The minimum absolute atomic E-state index is 0.00690. The van der Waals surface area contributed by atoms with E-state index in [0.29, 0.717) is 31.4 Å². The summed E-state index contributed by atoms with van der Waals surface area (Å²) in [5, 5.41) is 14.5. The second-order valence-corrected chi connectivity index (χ2v) is 6.77. The Bertz CT molecular complexity index is 927. The molecule has 0 bridgehead atoms. The molecule has 1 N–H and O–H groups in total. The highest BCUT2D eigenvalue weighted by Crippen LogP contribution is 2.31. The van der Waals surface area contributed by atoms with E-state index >= 15 is 0 Å². The lowest BCUT2D eigenvalue weighted by Gasteiger charge is -1.99. The largest absolute Gasteiger partial charge is 0.300 e. The topological polar surface area (TPSA) is 84.6 Å². The van der Waals surface area contributed by atoms with Crippen molar-refractivity contribution in [2.75, 3.05) is 0 Å². The van der Waals surface area contributed by atoms with E-state index in [1.807, 2.05) is 0 Å². The summed E-state index contributed by atoms with van der Waals surface area (Å²) in [7, 11) is 0. The number of amidine groups is 1. The molecule has 1 fully saturated rings. The summed E-state index contributed by atoms with van der Waals surface area (Å²) < 4.78 is 0. The average Bonchev–Trinajstić information content (AvgIpc) is 2.91. The molecule has 0 saturated carbocycles. The number of thioether (sulfide) groups is 1. The molecular weight excluding hydrogens is 385 g/mol. The van der Waals surface area contributed by atoms with Gasteiger partial charge >= 0.3 is 0 Å². The van der Waals surface area contributed by atoms with Crippen molar-refractivity contribution in [1.82, 2.24) is 5.32 Å². The van der Waals surface area contributed by atoms with Crippen LogP contribution in [0.3, 0.4) is 0 Å². The van der Waals surface area contributed by atoms with Gasteiger partial charge < -0.3 is 5.32 Å². The van der Waals surface area contributed by atoms with Gasteiger partial charge in [-0.05, 0) is 53.7 Å². The summed E-state index contributed by atoms with van der Waals surface area (Å²) in [5.41, 5.74) is 1.24. The van der Waals surface area contributed by atoms with Crippen LogP contribution in [0.1, 0.15) is 5.56 Å². The van der Waals surface area contributed by atoms with Crippen LogP contribution in [0.25, 0.3) is 6.08 Å². The lowest BCUT2D eigenvalue weighted by Crippen LogP contribution is -2.19. The van der Waals surface area contributed by atoms with Crippen molar-refractivity contribution in [2.45, 2.75) is 0 Å². The van der Waals surface area contributed by atoms with E-state index in [2.05, 4.69) is 10.3 Å². The predicted octanol–water partition coefficient (Wildman–Crippen LogP) is 4.79. The van der Waals surface area contributed by atoms with Crippen LogP contribution in [-0.4, -0.2) is 16.0 Å². The van der Waals surface area contributed by atoms with Gasteiger partial charge in [0.1, 0.15) is 0 Å². The van der Waals surface area contributed by atoms with Crippen LogP contribution in [0.4, 0.5) is 11.4 Å². The van der Waals surface area contributed by atoms with E-state index in [-0.39, 0.29) is 11.6 Å². The molecule has 6 nitrogen and oxygen atoms in total. The molecule has 1 aliphatic rings. The number of nitro groups is 1. The maximum absolute atomic E-state index is 12.0. The van der Waals surface area contributed by atoms with Crippen molar-refractivity contribution in [3.63, 3.8) is 0 Å². The van der Waals surface area contributed by atoms with Gasteiger partial charge in [-0.1, -0.05) is 23.2 Å². The molecule has 25 heavy (non-hydrogen) atoms. The maximum Gasteiger partial charge on any atom is 0.269 e. The summed E-state index contributed by atoms with van der Waals surface area (Å²) in [4.78, 5) is 27.0. The molecule has 0 aliphatic carbocycles. The number of nitrogens with zero attached hydrogens (tertiary/aromatic N) is 2. The lowest BCUT2D eigenvalue weighted by atomic mass is 10.2. The molecule has 1 saturated heterocycles. The molecule has 9 heteroatoms. The van der Waals surface area contributed by atoms with E-state index < -0.39 is 4.92 Å². The zero-order chi connectivity index (χ0) is 18.0. The Morgan fingerprint density at radius 1 is 1.12 bits per heavy atom. The van der Waals surface area contributed by atoms with Crippen LogP contribution in [0.15, 0.2) is 52.4 Å². The number of carbonyl (C=O) groups excluding carboxylic acids is 1. The highest BCUT2D eigenvalue weighted by Gasteiger charge is 2.23. The third-order valence-electron chi connectivity index (χ3n) is 3.19. The number of hydrogen-bond acceptors (Lipinski definition) is 5.